The number of pyridine rings is 2. The third-order valence-electron chi connectivity index (χ3n) is 13.1. The molecule has 0 spiro atoms. The number of hydrogen-bond donors (Lipinski definition) is 0. The summed E-state index contributed by atoms with van der Waals surface area (Å²) in [6, 6.07) is 75.4. The molecule has 0 saturated heterocycles. The first-order valence-electron chi connectivity index (χ1n) is 21.3. The highest BCUT2D eigenvalue weighted by Crippen LogP contribution is 2.59. The minimum atomic E-state index is 0.952. The van der Waals surface area contributed by atoms with Crippen molar-refractivity contribution >= 4 is 53.9 Å². The molecule has 0 aliphatic heterocycles. The predicted octanol–water partition coefficient (Wildman–Crippen LogP) is 16.2. The van der Waals surface area contributed by atoms with Crippen molar-refractivity contribution in [2.75, 3.05) is 0 Å². The Hall–Kier alpha value is -8.20. The predicted molar refractivity (Wildman–Crippen MR) is 261 cm³/mol. The number of fused-ring (bicyclic) bond motifs is 8. The fraction of sp³-hybridized carbons (Fsp3) is 0. The molecule has 0 fully saturated rings. The summed E-state index contributed by atoms with van der Waals surface area (Å²) in [6.45, 7) is 0. The van der Waals surface area contributed by atoms with Gasteiger partial charge in [0.05, 0.1) is 11.4 Å². The molecule has 0 radical (unpaired) electrons. The summed E-state index contributed by atoms with van der Waals surface area (Å²) < 4.78 is 0. The third kappa shape index (κ3) is 5.11. The van der Waals surface area contributed by atoms with Crippen LogP contribution in [0.4, 0.5) is 0 Å². The van der Waals surface area contributed by atoms with Gasteiger partial charge in [0, 0.05) is 23.5 Å². The molecular weight excluding hydrogens is 749 g/mol. The average Bonchev–Trinajstić information content (AvgIpc) is 3.67. The molecule has 62 heavy (non-hydrogen) atoms. The molecular formula is C60H36N2. The van der Waals surface area contributed by atoms with Gasteiger partial charge in [-0.2, -0.15) is 0 Å². The van der Waals surface area contributed by atoms with E-state index < -0.39 is 0 Å². The minimum absolute atomic E-state index is 0.952. The summed E-state index contributed by atoms with van der Waals surface area (Å²) in [5.74, 6) is 0. The van der Waals surface area contributed by atoms with E-state index in [9.17, 15) is 0 Å². The standard InChI is InChI=1S/C60H36N2/c1-3-16-37(17-4-1)54-46-30-28-39(40-29-31-47-50(35-40)58(53-27-12-14-33-62-53)45-23-10-9-22-44(45)57(47)52-26-11-13-32-61-52)34-49(46)55(38-18-5-2-6-19-38)59-48-25-15-24-43-42-21-8-7-20-41(42)36-51(56(43)48)60(54)59/h1-36H. The van der Waals surface area contributed by atoms with Gasteiger partial charge in [0.15, 0.2) is 0 Å². The SMILES string of the molecule is c1ccc(-c2c3c(c(-c4ccccc4)c4cc(-c5ccc6c(-c7ccccn7)c7ccccc7c(-c7ccccn7)c6c5)ccc24)-c2cccc4c2c-3cc2ccccc24)cc1. The van der Waals surface area contributed by atoms with Crippen LogP contribution in [0.3, 0.4) is 0 Å². The molecule has 0 N–H and O–H groups in total. The van der Waals surface area contributed by atoms with Crippen LogP contribution in [-0.4, -0.2) is 9.97 Å². The lowest BCUT2D eigenvalue weighted by molar-refractivity contribution is 1.33. The smallest absolute Gasteiger partial charge is 0.0714 e. The molecule has 0 bridgehead atoms. The molecule has 0 amide bonds. The maximum absolute atomic E-state index is 4.95. The van der Waals surface area contributed by atoms with Crippen LogP contribution in [0.25, 0.3) is 132 Å². The summed E-state index contributed by atoms with van der Waals surface area (Å²) in [5, 5.41) is 12.3. The largest absolute Gasteiger partial charge is 0.256 e. The van der Waals surface area contributed by atoms with Crippen molar-refractivity contribution < 1.29 is 0 Å². The van der Waals surface area contributed by atoms with E-state index in [1.807, 2.05) is 24.5 Å². The topological polar surface area (TPSA) is 25.8 Å². The van der Waals surface area contributed by atoms with Gasteiger partial charge in [-0.15, -0.1) is 0 Å². The van der Waals surface area contributed by atoms with E-state index >= 15 is 0 Å². The van der Waals surface area contributed by atoms with Gasteiger partial charge in [-0.05, 0) is 152 Å². The molecule has 1 aliphatic rings. The Morgan fingerprint density at radius 1 is 0.242 bits per heavy atom. The van der Waals surface area contributed by atoms with Crippen LogP contribution < -0.4 is 0 Å². The van der Waals surface area contributed by atoms with Crippen molar-refractivity contribution in [3.63, 3.8) is 0 Å². The van der Waals surface area contributed by atoms with Crippen LogP contribution >= 0.6 is 0 Å². The van der Waals surface area contributed by atoms with Gasteiger partial charge in [-0.1, -0.05) is 164 Å². The van der Waals surface area contributed by atoms with Crippen molar-refractivity contribution in [2.45, 2.75) is 0 Å². The van der Waals surface area contributed by atoms with Crippen molar-refractivity contribution in [1.82, 2.24) is 9.97 Å². The second-order valence-electron chi connectivity index (χ2n) is 16.4. The third-order valence-corrected chi connectivity index (χ3v) is 13.1. The maximum Gasteiger partial charge on any atom is 0.0714 e. The average molecular weight is 785 g/mol. The molecule has 2 heteroatoms. The van der Waals surface area contributed by atoms with Crippen LogP contribution in [0.1, 0.15) is 0 Å². The van der Waals surface area contributed by atoms with Crippen LogP contribution in [0.2, 0.25) is 0 Å². The van der Waals surface area contributed by atoms with E-state index in [2.05, 4.69) is 194 Å². The highest BCUT2D eigenvalue weighted by molar-refractivity contribution is 6.31. The van der Waals surface area contributed by atoms with E-state index in [1.54, 1.807) is 0 Å². The van der Waals surface area contributed by atoms with Gasteiger partial charge in [-0.3, -0.25) is 9.97 Å². The fourth-order valence-electron chi connectivity index (χ4n) is 10.5. The minimum Gasteiger partial charge on any atom is -0.256 e. The number of benzene rings is 10. The Labute approximate surface area is 359 Å². The van der Waals surface area contributed by atoms with Crippen molar-refractivity contribution in [3.8, 4) is 78.1 Å². The van der Waals surface area contributed by atoms with E-state index in [1.165, 1.54) is 76.8 Å². The maximum atomic E-state index is 4.95. The van der Waals surface area contributed by atoms with Gasteiger partial charge < -0.3 is 0 Å². The molecule has 13 rings (SSSR count). The van der Waals surface area contributed by atoms with E-state index in [0.717, 1.165) is 55.2 Å². The molecule has 0 saturated carbocycles. The number of nitrogens with zero attached hydrogens (tertiary/aromatic N) is 2. The van der Waals surface area contributed by atoms with Crippen LogP contribution in [0.15, 0.2) is 219 Å². The Morgan fingerprint density at radius 2 is 0.710 bits per heavy atom. The van der Waals surface area contributed by atoms with Crippen LogP contribution in [0, 0.1) is 0 Å². The first-order chi connectivity index (χ1) is 30.8. The lowest BCUT2D eigenvalue weighted by Crippen LogP contribution is -1.95. The van der Waals surface area contributed by atoms with Crippen molar-refractivity contribution in [3.05, 3.63) is 219 Å². The molecule has 286 valence electrons. The number of hydrogen-bond acceptors (Lipinski definition) is 2. The van der Waals surface area contributed by atoms with Gasteiger partial charge in [0.2, 0.25) is 0 Å². The van der Waals surface area contributed by atoms with E-state index in [4.69, 9.17) is 9.97 Å². The quantitative estimate of drug-likeness (QED) is 0.128. The number of aromatic nitrogens is 2. The lowest BCUT2D eigenvalue weighted by Gasteiger charge is -2.21. The van der Waals surface area contributed by atoms with Crippen LogP contribution in [0.5, 0.6) is 0 Å². The van der Waals surface area contributed by atoms with Gasteiger partial charge in [0.1, 0.15) is 0 Å². The zero-order valence-corrected chi connectivity index (χ0v) is 33.7. The Balaban J connectivity index is 1.15. The summed E-state index contributed by atoms with van der Waals surface area (Å²) in [6.07, 6.45) is 3.78. The lowest BCUT2D eigenvalue weighted by atomic mass is 9.81. The molecule has 12 aromatic rings. The zero-order chi connectivity index (χ0) is 40.7. The summed E-state index contributed by atoms with van der Waals surface area (Å²) in [5.41, 5.74) is 16.7. The highest BCUT2D eigenvalue weighted by atomic mass is 14.7. The molecule has 0 unspecified atom stereocenters. The molecule has 10 aromatic carbocycles. The summed E-state index contributed by atoms with van der Waals surface area (Å²) in [4.78, 5) is 9.84. The summed E-state index contributed by atoms with van der Waals surface area (Å²) in [7, 11) is 0. The van der Waals surface area contributed by atoms with E-state index in [0.29, 0.717) is 0 Å². The van der Waals surface area contributed by atoms with Gasteiger partial charge in [-0.25, -0.2) is 0 Å². The fourth-order valence-corrected chi connectivity index (χ4v) is 10.5. The monoisotopic (exact) mass is 784 g/mol. The Kier molecular flexibility index (Phi) is 7.64. The molecule has 2 nitrogen and oxygen atoms in total. The van der Waals surface area contributed by atoms with Crippen molar-refractivity contribution in [1.29, 1.82) is 0 Å². The van der Waals surface area contributed by atoms with Gasteiger partial charge >= 0.3 is 0 Å². The zero-order valence-electron chi connectivity index (χ0n) is 33.7. The van der Waals surface area contributed by atoms with Crippen molar-refractivity contribution in [2.24, 2.45) is 0 Å². The number of rotatable bonds is 5. The highest BCUT2D eigenvalue weighted by Gasteiger charge is 2.31. The molecule has 0 atom stereocenters. The Bertz CT molecular complexity index is 3760. The Morgan fingerprint density at radius 3 is 1.32 bits per heavy atom. The molecule has 2 heterocycles. The molecule has 1 aliphatic carbocycles. The second-order valence-corrected chi connectivity index (χ2v) is 16.4. The second kappa shape index (κ2) is 13.7. The summed E-state index contributed by atoms with van der Waals surface area (Å²) >= 11 is 0. The normalized spacial score (nSPS) is 11.9. The van der Waals surface area contributed by atoms with E-state index in [-0.39, 0.29) is 0 Å². The first-order valence-corrected chi connectivity index (χ1v) is 21.3. The molecule has 2 aromatic heterocycles. The first kappa shape index (κ1) is 34.6. The van der Waals surface area contributed by atoms with Crippen LogP contribution in [-0.2, 0) is 0 Å². The van der Waals surface area contributed by atoms with Gasteiger partial charge in [0.25, 0.3) is 0 Å².